The Kier molecular flexibility index (Phi) is 3.55. The number of amides is 1. The van der Waals surface area contributed by atoms with Crippen LogP contribution in [0.5, 0.6) is 5.75 Å². The maximum absolute atomic E-state index is 12.4. The number of anilines is 1. The van der Waals surface area contributed by atoms with Gasteiger partial charge in [-0.2, -0.15) is 5.10 Å². The molecule has 0 spiro atoms. The van der Waals surface area contributed by atoms with Gasteiger partial charge in [0.1, 0.15) is 5.75 Å². The fourth-order valence-corrected chi connectivity index (χ4v) is 1.98. The SMILES string of the molecule is CCN(C(=O)c1ccn(C)n1)c1cc(O)ccc1C. The number of phenols is 1. The summed E-state index contributed by atoms with van der Waals surface area (Å²) in [6.45, 7) is 4.31. The lowest BCUT2D eigenvalue weighted by molar-refractivity contribution is 0.0982. The second kappa shape index (κ2) is 5.14. The minimum Gasteiger partial charge on any atom is -0.508 e. The van der Waals surface area contributed by atoms with Gasteiger partial charge < -0.3 is 10.0 Å². The lowest BCUT2D eigenvalue weighted by Gasteiger charge is -2.22. The zero-order chi connectivity index (χ0) is 14.0. The number of hydrogen-bond donors (Lipinski definition) is 1. The smallest absolute Gasteiger partial charge is 0.278 e. The topological polar surface area (TPSA) is 58.4 Å². The van der Waals surface area contributed by atoms with E-state index in [4.69, 9.17) is 0 Å². The van der Waals surface area contributed by atoms with Gasteiger partial charge in [-0.05, 0) is 31.5 Å². The average Bonchev–Trinajstić information content (AvgIpc) is 2.81. The number of nitrogens with zero attached hydrogens (tertiary/aromatic N) is 3. The molecule has 1 heterocycles. The van der Waals surface area contributed by atoms with Crippen LogP contribution >= 0.6 is 0 Å². The van der Waals surface area contributed by atoms with Crippen LogP contribution in [0.4, 0.5) is 5.69 Å². The van der Waals surface area contributed by atoms with Gasteiger partial charge in [-0.3, -0.25) is 9.48 Å². The molecule has 0 unspecified atom stereocenters. The minimum atomic E-state index is -0.170. The predicted molar refractivity (Wildman–Crippen MR) is 73.4 cm³/mol. The molecule has 0 atom stereocenters. The second-order valence-corrected chi connectivity index (χ2v) is 4.39. The van der Waals surface area contributed by atoms with Crippen molar-refractivity contribution in [3.63, 3.8) is 0 Å². The number of benzene rings is 1. The van der Waals surface area contributed by atoms with Crippen molar-refractivity contribution in [3.05, 3.63) is 41.7 Å². The van der Waals surface area contributed by atoms with Crippen LogP contribution in [-0.2, 0) is 7.05 Å². The molecule has 0 fully saturated rings. The monoisotopic (exact) mass is 259 g/mol. The highest BCUT2D eigenvalue weighted by molar-refractivity contribution is 6.05. The molecule has 0 saturated carbocycles. The summed E-state index contributed by atoms with van der Waals surface area (Å²) in [5.41, 5.74) is 2.04. The Hall–Kier alpha value is -2.30. The molecular formula is C14H17N3O2. The van der Waals surface area contributed by atoms with E-state index >= 15 is 0 Å². The van der Waals surface area contributed by atoms with Gasteiger partial charge in [0.05, 0.1) is 5.69 Å². The highest BCUT2D eigenvalue weighted by atomic mass is 16.3. The largest absolute Gasteiger partial charge is 0.508 e. The summed E-state index contributed by atoms with van der Waals surface area (Å²) in [7, 11) is 1.77. The number of aromatic hydroxyl groups is 1. The van der Waals surface area contributed by atoms with Crippen molar-refractivity contribution in [2.45, 2.75) is 13.8 Å². The van der Waals surface area contributed by atoms with Gasteiger partial charge in [0, 0.05) is 25.9 Å². The molecule has 0 saturated heterocycles. The first kappa shape index (κ1) is 13.1. The lowest BCUT2D eigenvalue weighted by Crippen LogP contribution is -2.31. The van der Waals surface area contributed by atoms with E-state index in [-0.39, 0.29) is 11.7 Å². The van der Waals surface area contributed by atoms with Crippen molar-refractivity contribution in [1.29, 1.82) is 0 Å². The predicted octanol–water partition coefficient (Wildman–Crippen LogP) is 2.10. The number of hydrogen-bond acceptors (Lipinski definition) is 3. The summed E-state index contributed by atoms with van der Waals surface area (Å²) in [5, 5.41) is 13.7. The molecule has 0 aliphatic heterocycles. The van der Waals surface area contributed by atoms with Crippen LogP contribution in [0.15, 0.2) is 30.5 Å². The fraction of sp³-hybridized carbons (Fsp3) is 0.286. The van der Waals surface area contributed by atoms with Gasteiger partial charge in [0.2, 0.25) is 0 Å². The molecule has 5 heteroatoms. The number of aromatic nitrogens is 2. The Bertz CT molecular complexity index is 604. The Balaban J connectivity index is 2.39. The second-order valence-electron chi connectivity index (χ2n) is 4.39. The first-order valence-electron chi connectivity index (χ1n) is 6.14. The molecule has 100 valence electrons. The third kappa shape index (κ3) is 2.59. The fourth-order valence-electron chi connectivity index (χ4n) is 1.98. The Morgan fingerprint density at radius 2 is 2.16 bits per heavy atom. The minimum absolute atomic E-state index is 0.146. The Labute approximate surface area is 112 Å². The van der Waals surface area contributed by atoms with Crippen molar-refractivity contribution >= 4 is 11.6 Å². The quantitative estimate of drug-likeness (QED) is 0.918. The molecule has 5 nitrogen and oxygen atoms in total. The van der Waals surface area contributed by atoms with Crippen molar-refractivity contribution in [2.75, 3.05) is 11.4 Å². The number of carbonyl (C=O) groups excluding carboxylic acids is 1. The van der Waals surface area contributed by atoms with E-state index in [1.807, 2.05) is 13.8 Å². The van der Waals surface area contributed by atoms with E-state index in [2.05, 4.69) is 5.10 Å². The van der Waals surface area contributed by atoms with E-state index in [0.29, 0.717) is 17.9 Å². The van der Waals surface area contributed by atoms with E-state index < -0.39 is 0 Å². The third-order valence-electron chi connectivity index (χ3n) is 2.98. The van der Waals surface area contributed by atoms with Gasteiger partial charge in [0.25, 0.3) is 5.91 Å². The Morgan fingerprint density at radius 1 is 1.42 bits per heavy atom. The Morgan fingerprint density at radius 3 is 2.74 bits per heavy atom. The molecular weight excluding hydrogens is 242 g/mol. The molecule has 0 radical (unpaired) electrons. The van der Waals surface area contributed by atoms with Crippen LogP contribution in [0.3, 0.4) is 0 Å². The van der Waals surface area contributed by atoms with Crippen molar-refractivity contribution in [2.24, 2.45) is 7.05 Å². The third-order valence-corrected chi connectivity index (χ3v) is 2.98. The summed E-state index contributed by atoms with van der Waals surface area (Å²) in [4.78, 5) is 14.0. The van der Waals surface area contributed by atoms with Crippen LogP contribution in [0.1, 0.15) is 23.0 Å². The van der Waals surface area contributed by atoms with Gasteiger partial charge in [-0.1, -0.05) is 6.07 Å². The number of aryl methyl sites for hydroxylation is 2. The molecule has 1 amide bonds. The van der Waals surface area contributed by atoms with E-state index in [9.17, 15) is 9.90 Å². The highest BCUT2D eigenvalue weighted by Crippen LogP contribution is 2.25. The number of rotatable bonds is 3. The molecule has 19 heavy (non-hydrogen) atoms. The van der Waals surface area contributed by atoms with Crippen LogP contribution < -0.4 is 4.90 Å². The van der Waals surface area contributed by atoms with E-state index in [0.717, 1.165) is 5.56 Å². The summed E-state index contributed by atoms with van der Waals surface area (Å²) >= 11 is 0. The summed E-state index contributed by atoms with van der Waals surface area (Å²) in [6.07, 6.45) is 1.73. The number of phenolic OH excluding ortho intramolecular Hbond substituents is 1. The molecule has 1 aromatic heterocycles. The van der Waals surface area contributed by atoms with E-state index in [1.54, 1.807) is 47.1 Å². The summed E-state index contributed by atoms with van der Waals surface area (Å²) in [5.74, 6) is -0.0235. The maximum atomic E-state index is 12.4. The standard InChI is InChI=1S/C14H17N3O2/c1-4-17(13-9-11(18)6-5-10(13)2)14(19)12-7-8-16(3)15-12/h5-9,18H,4H2,1-3H3. The van der Waals surface area contributed by atoms with Crippen LogP contribution in [-0.4, -0.2) is 27.3 Å². The lowest BCUT2D eigenvalue weighted by atomic mass is 10.1. The normalized spacial score (nSPS) is 10.5. The molecule has 1 N–H and O–H groups in total. The van der Waals surface area contributed by atoms with Crippen molar-refractivity contribution < 1.29 is 9.90 Å². The van der Waals surface area contributed by atoms with Gasteiger partial charge >= 0.3 is 0 Å². The van der Waals surface area contributed by atoms with Crippen LogP contribution in [0.2, 0.25) is 0 Å². The van der Waals surface area contributed by atoms with Crippen molar-refractivity contribution in [1.82, 2.24) is 9.78 Å². The van der Waals surface area contributed by atoms with Crippen LogP contribution in [0, 0.1) is 6.92 Å². The van der Waals surface area contributed by atoms with Gasteiger partial charge in [-0.15, -0.1) is 0 Å². The van der Waals surface area contributed by atoms with Crippen molar-refractivity contribution in [3.8, 4) is 5.75 Å². The number of carbonyl (C=O) groups is 1. The molecule has 0 aliphatic rings. The molecule has 2 aromatic rings. The van der Waals surface area contributed by atoms with E-state index in [1.165, 1.54) is 0 Å². The summed E-state index contributed by atoms with van der Waals surface area (Å²) < 4.78 is 1.59. The molecule has 2 rings (SSSR count). The zero-order valence-electron chi connectivity index (χ0n) is 11.3. The molecule has 0 bridgehead atoms. The van der Waals surface area contributed by atoms with Gasteiger partial charge in [-0.25, -0.2) is 0 Å². The first-order valence-corrected chi connectivity index (χ1v) is 6.14. The molecule has 1 aromatic carbocycles. The highest BCUT2D eigenvalue weighted by Gasteiger charge is 2.20. The average molecular weight is 259 g/mol. The summed E-state index contributed by atoms with van der Waals surface area (Å²) in [6, 6.07) is 6.68. The van der Waals surface area contributed by atoms with Gasteiger partial charge in [0.15, 0.2) is 5.69 Å². The van der Waals surface area contributed by atoms with Crippen LogP contribution in [0.25, 0.3) is 0 Å². The zero-order valence-corrected chi connectivity index (χ0v) is 11.3. The maximum Gasteiger partial charge on any atom is 0.278 e. The first-order chi connectivity index (χ1) is 9.02. The molecule has 0 aliphatic carbocycles.